The Hall–Kier alpha value is -1.10. The average molecular weight is 171 g/mol. The molecule has 0 unspecified atom stereocenters. The van der Waals surface area contributed by atoms with Crippen molar-refractivity contribution < 1.29 is 9.59 Å². The Morgan fingerprint density at radius 3 is 2.92 bits per heavy atom. The summed E-state index contributed by atoms with van der Waals surface area (Å²) in [5, 5.41) is 0. The fourth-order valence-electron chi connectivity index (χ4n) is 1.25. The molecule has 3 N–H and O–H groups in total. The van der Waals surface area contributed by atoms with Crippen molar-refractivity contribution in [2.24, 2.45) is 5.84 Å². The van der Waals surface area contributed by atoms with Crippen LogP contribution in [0, 0.1) is 0 Å². The van der Waals surface area contributed by atoms with E-state index in [1.54, 1.807) is 0 Å². The molecule has 0 saturated carbocycles. The van der Waals surface area contributed by atoms with Crippen molar-refractivity contribution in [1.82, 2.24) is 10.3 Å². The normalized spacial score (nSPS) is 17.8. The van der Waals surface area contributed by atoms with E-state index in [2.05, 4.69) is 0 Å². The standard InChI is InChI=1S/C7H13N3O2/c8-9-6(11)5-10-4-2-1-3-7(10)12/h1-5,8H2,(H,9,11). The Bertz CT molecular complexity index is 193. The summed E-state index contributed by atoms with van der Waals surface area (Å²) in [6.07, 6.45) is 2.46. The topological polar surface area (TPSA) is 75.4 Å². The minimum absolute atomic E-state index is 0.0462. The molecule has 1 rings (SSSR count). The predicted molar refractivity (Wildman–Crippen MR) is 42.8 cm³/mol. The van der Waals surface area contributed by atoms with E-state index in [1.807, 2.05) is 5.43 Å². The van der Waals surface area contributed by atoms with Crippen LogP contribution in [0.5, 0.6) is 0 Å². The van der Waals surface area contributed by atoms with Crippen molar-refractivity contribution in [3.63, 3.8) is 0 Å². The van der Waals surface area contributed by atoms with Crippen LogP contribution in [0.4, 0.5) is 0 Å². The maximum absolute atomic E-state index is 11.2. The second-order valence-electron chi connectivity index (χ2n) is 2.84. The van der Waals surface area contributed by atoms with Crippen molar-refractivity contribution in [3.05, 3.63) is 0 Å². The van der Waals surface area contributed by atoms with Crippen molar-refractivity contribution >= 4 is 11.8 Å². The molecule has 2 amide bonds. The van der Waals surface area contributed by atoms with E-state index in [-0.39, 0.29) is 18.4 Å². The van der Waals surface area contributed by atoms with Gasteiger partial charge in [0.25, 0.3) is 5.91 Å². The van der Waals surface area contributed by atoms with Crippen LogP contribution in [-0.4, -0.2) is 29.8 Å². The minimum atomic E-state index is -0.315. The first-order chi connectivity index (χ1) is 5.74. The zero-order chi connectivity index (χ0) is 8.97. The second-order valence-corrected chi connectivity index (χ2v) is 2.84. The van der Waals surface area contributed by atoms with Crippen molar-refractivity contribution in [1.29, 1.82) is 0 Å². The van der Waals surface area contributed by atoms with Crippen molar-refractivity contribution in [2.75, 3.05) is 13.1 Å². The molecule has 5 nitrogen and oxygen atoms in total. The fraction of sp³-hybridized carbons (Fsp3) is 0.714. The minimum Gasteiger partial charge on any atom is -0.333 e. The highest BCUT2D eigenvalue weighted by Crippen LogP contribution is 2.09. The van der Waals surface area contributed by atoms with Gasteiger partial charge in [0.05, 0.1) is 0 Å². The zero-order valence-corrected chi connectivity index (χ0v) is 6.88. The molecule has 0 aromatic rings. The van der Waals surface area contributed by atoms with Crippen molar-refractivity contribution in [2.45, 2.75) is 19.3 Å². The molecule has 0 aliphatic carbocycles. The number of hydrogen-bond donors (Lipinski definition) is 2. The van der Waals surface area contributed by atoms with Gasteiger partial charge in [0, 0.05) is 13.0 Å². The maximum Gasteiger partial charge on any atom is 0.253 e. The molecule has 1 fully saturated rings. The number of piperidine rings is 1. The molecule has 1 saturated heterocycles. The number of carbonyl (C=O) groups is 2. The summed E-state index contributed by atoms with van der Waals surface area (Å²) in [5.74, 6) is 4.63. The molecule has 0 atom stereocenters. The lowest BCUT2D eigenvalue weighted by Gasteiger charge is -2.25. The smallest absolute Gasteiger partial charge is 0.253 e. The number of likely N-dealkylation sites (tertiary alicyclic amines) is 1. The van der Waals surface area contributed by atoms with Crippen LogP contribution in [0.3, 0.4) is 0 Å². The Morgan fingerprint density at radius 2 is 2.33 bits per heavy atom. The first kappa shape index (κ1) is 8.99. The lowest BCUT2D eigenvalue weighted by Crippen LogP contribution is -2.44. The van der Waals surface area contributed by atoms with Crippen LogP contribution in [-0.2, 0) is 9.59 Å². The highest BCUT2D eigenvalue weighted by molar-refractivity contribution is 5.84. The van der Waals surface area contributed by atoms with Gasteiger partial charge >= 0.3 is 0 Å². The molecule has 1 heterocycles. The molecule has 5 heteroatoms. The van der Waals surface area contributed by atoms with E-state index in [9.17, 15) is 9.59 Å². The van der Waals surface area contributed by atoms with Crippen LogP contribution >= 0.6 is 0 Å². The monoisotopic (exact) mass is 171 g/mol. The predicted octanol–water partition coefficient (Wildman–Crippen LogP) is -1.01. The van der Waals surface area contributed by atoms with E-state index in [4.69, 9.17) is 5.84 Å². The largest absolute Gasteiger partial charge is 0.333 e. The quantitative estimate of drug-likeness (QED) is 0.317. The third-order valence-electron chi connectivity index (χ3n) is 1.92. The molecular formula is C7H13N3O2. The van der Waals surface area contributed by atoms with Crippen LogP contribution < -0.4 is 11.3 Å². The SMILES string of the molecule is NNC(=O)CN1CCCCC1=O. The number of nitrogens with one attached hydrogen (secondary N) is 1. The first-order valence-corrected chi connectivity index (χ1v) is 4.01. The van der Waals surface area contributed by atoms with Crippen LogP contribution in [0.2, 0.25) is 0 Å². The second kappa shape index (κ2) is 4.06. The Labute approximate surface area is 70.9 Å². The van der Waals surface area contributed by atoms with Crippen LogP contribution in [0.25, 0.3) is 0 Å². The number of rotatable bonds is 2. The summed E-state index contributed by atoms with van der Waals surface area (Å²) in [6, 6.07) is 0. The van der Waals surface area contributed by atoms with Gasteiger partial charge in [-0.15, -0.1) is 0 Å². The Kier molecular flexibility index (Phi) is 3.04. The van der Waals surface area contributed by atoms with Gasteiger partial charge in [-0.2, -0.15) is 0 Å². The van der Waals surface area contributed by atoms with E-state index < -0.39 is 0 Å². The summed E-state index contributed by atoms with van der Waals surface area (Å²) in [5.41, 5.74) is 2.00. The summed E-state index contributed by atoms with van der Waals surface area (Å²) < 4.78 is 0. The molecule has 0 bridgehead atoms. The molecule has 0 aromatic heterocycles. The van der Waals surface area contributed by atoms with Gasteiger partial charge in [-0.05, 0) is 12.8 Å². The van der Waals surface area contributed by atoms with Gasteiger partial charge < -0.3 is 4.90 Å². The fourth-order valence-corrected chi connectivity index (χ4v) is 1.25. The highest BCUT2D eigenvalue weighted by atomic mass is 16.2. The molecule has 1 aliphatic rings. The number of hydrogen-bond acceptors (Lipinski definition) is 3. The molecule has 1 aliphatic heterocycles. The summed E-state index contributed by atoms with van der Waals surface area (Å²) in [6.45, 7) is 0.765. The van der Waals surface area contributed by atoms with Gasteiger partial charge in [-0.3, -0.25) is 15.0 Å². The molecule has 0 spiro atoms. The summed E-state index contributed by atoms with van der Waals surface area (Å²) in [7, 11) is 0. The lowest BCUT2D eigenvalue weighted by molar-refractivity contribution is -0.137. The Balaban J connectivity index is 2.39. The summed E-state index contributed by atoms with van der Waals surface area (Å²) in [4.78, 5) is 23.5. The van der Waals surface area contributed by atoms with E-state index >= 15 is 0 Å². The number of hydrazine groups is 1. The van der Waals surface area contributed by atoms with Crippen LogP contribution in [0.1, 0.15) is 19.3 Å². The van der Waals surface area contributed by atoms with Gasteiger partial charge in [0.1, 0.15) is 6.54 Å². The third kappa shape index (κ3) is 2.20. The van der Waals surface area contributed by atoms with Gasteiger partial charge in [-0.1, -0.05) is 0 Å². The number of carbonyl (C=O) groups excluding carboxylic acids is 2. The molecular weight excluding hydrogens is 158 g/mol. The number of nitrogens with two attached hydrogens (primary N) is 1. The molecule has 0 radical (unpaired) electrons. The van der Waals surface area contributed by atoms with E-state index in [0.717, 1.165) is 12.8 Å². The molecule has 0 aromatic carbocycles. The summed E-state index contributed by atoms with van der Waals surface area (Å²) >= 11 is 0. The van der Waals surface area contributed by atoms with Gasteiger partial charge in [0.15, 0.2) is 0 Å². The maximum atomic E-state index is 11.2. The molecule has 12 heavy (non-hydrogen) atoms. The first-order valence-electron chi connectivity index (χ1n) is 4.01. The number of amides is 2. The lowest BCUT2D eigenvalue weighted by atomic mass is 10.1. The Morgan fingerprint density at radius 1 is 1.58 bits per heavy atom. The third-order valence-corrected chi connectivity index (χ3v) is 1.92. The van der Waals surface area contributed by atoms with Gasteiger partial charge in [0.2, 0.25) is 5.91 Å². The number of nitrogens with zero attached hydrogens (tertiary/aromatic N) is 1. The van der Waals surface area contributed by atoms with E-state index in [0.29, 0.717) is 13.0 Å². The molecule has 68 valence electrons. The van der Waals surface area contributed by atoms with Crippen LogP contribution in [0.15, 0.2) is 0 Å². The zero-order valence-electron chi connectivity index (χ0n) is 6.88. The van der Waals surface area contributed by atoms with Gasteiger partial charge in [-0.25, -0.2) is 5.84 Å². The highest BCUT2D eigenvalue weighted by Gasteiger charge is 2.19. The van der Waals surface area contributed by atoms with E-state index in [1.165, 1.54) is 4.90 Å². The average Bonchev–Trinajstić information content (AvgIpc) is 2.09. The van der Waals surface area contributed by atoms with Crippen molar-refractivity contribution in [3.8, 4) is 0 Å².